The van der Waals surface area contributed by atoms with E-state index < -0.39 is 0 Å². The van der Waals surface area contributed by atoms with Crippen molar-refractivity contribution in [2.75, 3.05) is 6.54 Å². The molecule has 0 spiro atoms. The third kappa shape index (κ3) is 5.67. The summed E-state index contributed by atoms with van der Waals surface area (Å²) in [6.45, 7) is 9.73. The maximum absolute atomic E-state index is 11.8. The average molecular weight is 331 g/mol. The van der Waals surface area contributed by atoms with E-state index in [0.717, 1.165) is 16.3 Å². The van der Waals surface area contributed by atoms with E-state index >= 15 is 0 Å². The Balaban J connectivity index is 1.71. The molecule has 5 heteroatoms. The zero-order chi connectivity index (χ0) is 16.9. The molecule has 2 aromatic rings. The number of nitrogens with one attached hydrogen (secondary N) is 2. The quantitative estimate of drug-likeness (QED) is 0.876. The number of nitrogens with zero attached hydrogens (tertiary/aromatic N) is 1. The molecule has 0 bridgehead atoms. The van der Waals surface area contributed by atoms with E-state index in [9.17, 15) is 4.79 Å². The van der Waals surface area contributed by atoms with Crippen molar-refractivity contribution in [1.82, 2.24) is 15.6 Å². The van der Waals surface area contributed by atoms with Crippen LogP contribution in [0.2, 0.25) is 0 Å². The number of amides is 2. The number of benzene rings is 1. The number of carbonyl (C=O) groups is 1. The van der Waals surface area contributed by atoms with Crippen molar-refractivity contribution in [2.45, 2.75) is 46.1 Å². The summed E-state index contributed by atoms with van der Waals surface area (Å²) in [7, 11) is 0. The molecule has 0 saturated heterocycles. The van der Waals surface area contributed by atoms with E-state index in [2.05, 4.69) is 60.7 Å². The maximum Gasteiger partial charge on any atom is 0.315 e. The fourth-order valence-corrected chi connectivity index (χ4v) is 2.94. The molecular formula is C18H25N3OS. The molecule has 1 aromatic heterocycles. The van der Waals surface area contributed by atoms with Gasteiger partial charge in [0, 0.05) is 17.6 Å². The van der Waals surface area contributed by atoms with Crippen molar-refractivity contribution >= 4 is 17.4 Å². The molecule has 4 nitrogen and oxygen atoms in total. The summed E-state index contributed by atoms with van der Waals surface area (Å²) in [5.74, 6) is 0. The molecule has 0 aliphatic heterocycles. The first-order valence-corrected chi connectivity index (χ1v) is 8.68. The zero-order valence-electron chi connectivity index (χ0n) is 14.3. The lowest BCUT2D eigenvalue weighted by Crippen LogP contribution is -2.36. The predicted octanol–water partition coefficient (Wildman–Crippen LogP) is 3.79. The number of hydrogen-bond acceptors (Lipinski definition) is 3. The molecule has 0 fully saturated rings. The second-order valence-electron chi connectivity index (χ2n) is 6.65. The van der Waals surface area contributed by atoms with Crippen molar-refractivity contribution in [2.24, 2.45) is 0 Å². The van der Waals surface area contributed by atoms with Crippen LogP contribution in [0.25, 0.3) is 0 Å². The lowest BCUT2D eigenvalue weighted by molar-refractivity contribution is 0.240. The Kier molecular flexibility index (Phi) is 5.77. The molecule has 0 atom stereocenters. The van der Waals surface area contributed by atoms with E-state index in [4.69, 9.17) is 0 Å². The van der Waals surface area contributed by atoms with Crippen molar-refractivity contribution in [3.05, 3.63) is 51.5 Å². The summed E-state index contributed by atoms with van der Waals surface area (Å²) in [6, 6.07) is 8.48. The highest BCUT2D eigenvalue weighted by molar-refractivity contribution is 7.11. The monoisotopic (exact) mass is 331 g/mol. The summed E-state index contributed by atoms with van der Waals surface area (Å²) in [5.41, 5.74) is 2.73. The number of thiazole rings is 1. The van der Waals surface area contributed by atoms with E-state index in [1.165, 1.54) is 11.1 Å². The Bertz CT molecular complexity index is 641. The standard InChI is InChI=1S/C18H25N3OS/c1-13-20-11-16(23-13)12-21-17(22)19-10-9-14-5-7-15(8-6-14)18(2,3)4/h5-8,11H,9-10,12H2,1-4H3,(H2,19,21,22). The Morgan fingerprint density at radius 2 is 1.87 bits per heavy atom. The molecule has 0 unspecified atom stereocenters. The Hall–Kier alpha value is -1.88. The lowest BCUT2D eigenvalue weighted by Gasteiger charge is -2.19. The Morgan fingerprint density at radius 1 is 1.17 bits per heavy atom. The minimum atomic E-state index is -0.137. The first-order valence-electron chi connectivity index (χ1n) is 7.87. The van der Waals surface area contributed by atoms with Gasteiger partial charge in [-0.1, -0.05) is 45.0 Å². The first kappa shape index (κ1) is 17.5. The lowest BCUT2D eigenvalue weighted by atomic mass is 9.86. The molecule has 1 heterocycles. The van der Waals surface area contributed by atoms with Gasteiger partial charge in [-0.2, -0.15) is 0 Å². The number of hydrogen-bond donors (Lipinski definition) is 2. The average Bonchev–Trinajstić information content (AvgIpc) is 2.90. The van der Waals surface area contributed by atoms with Crippen molar-refractivity contribution in [1.29, 1.82) is 0 Å². The van der Waals surface area contributed by atoms with Gasteiger partial charge in [0.15, 0.2) is 0 Å². The molecule has 0 saturated carbocycles. The van der Waals surface area contributed by atoms with Gasteiger partial charge in [-0.15, -0.1) is 11.3 Å². The normalized spacial score (nSPS) is 11.3. The van der Waals surface area contributed by atoms with Gasteiger partial charge in [-0.25, -0.2) is 9.78 Å². The highest BCUT2D eigenvalue weighted by atomic mass is 32.1. The van der Waals surface area contributed by atoms with Gasteiger partial charge in [0.25, 0.3) is 0 Å². The van der Waals surface area contributed by atoms with E-state index in [-0.39, 0.29) is 11.4 Å². The van der Waals surface area contributed by atoms with Crippen LogP contribution in [0.5, 0.6) is 0 Å². The smallest absolute Gasteiger partial charge is 0.315 e. The molecule has 2 N–H and O–H groups in total. The number of urea groups is 1. The second kappa shape index (κ2) is 7.59. The molecule has 0 aliphatic rings. The van der Waals surface area contributed by atoms with Gasteiger partial charge < -0.3 is 10.6 Å². The first-order chi connectivity index (χ1) is 10.8. The van der Waals surface area contributed by atoms with Gasteiger partial charge in [0.05, 0.1) is 11.6 Å². The summed E-state index contributed by atoms with van der Waals surface area (Å²) < 4.78 is 0. The fraction of sp³-hybridized carbons (Fsp3) is 0.444. The molecule has 2 amide bonds. The van der Waals surface area contributed by atoms with Crippen molar-refractivity contribution in [3.8, 4) is 0 Å². The molecule has 124 valence electrons. The van der Waals surface area contributed by atoms with Gasteiger partial charge in [0.1, 0.15) is 0 Å². The van der Waals surface area contributed by atoms with Crippen LogP contribution in [0, 0.1) is 6.92 Å². The van der Waals surface area contributed by atoms with E-state index in [0.29, 0.717) is 13.1 Å². The predicted molar refractivity (Wildman–Crippen MR) is 95.9 cm³/mol. The van der Waals surface area contributed by atoms with Crippen LogP contribution in [0.3, 0.4) is 0 Å². The number of aryl methyl sites for hydroxylation is 1. The molecule has 2 rings (SSSR count). The molecule has 0 radical (unpaired) electrons. The molecular weight excluding hydrogens is 306 g/mol. The summed E-state index contributed by atoms with van der Waals surface area (Å²) in [4.78, 5) is 17.0. The third-order valence-electron chi connectivity index (χ3n) is 3.61. The van der Waals surface area contributed by atoms with Gasteiger partial charge >= 0.3 is 6.03 Å². The topological polar surface area (TPSA) is 54.0 Å². The molecule has 0 aliphatic carbocycles. The Morgan fingerprint density at radius 3 is 2.43 bits per heavy atom. The van der Waals surface area contributed by atoms with Crippen LogP contribution in [0.15, 0.2) is 30.5 Å². The second-order valence-corrected chi connectivity index (χ2v) is 7.97. The van der Waals surface area contributed by atoms with Crippen LogP contribution in [0.1, 0.15) is 41.8 Å². The van der Waals surface area contributed by atoms with Crippen LogP contribution < -0.4 is 10.6 Å². The SMILES string of the molecule is Cc1ncc(CNC(=O)NCCc2ccc(C(C)(C)C)cc2)s1. The minimum Gasteiger partial charge on any atom is -0.338 e. The third-order valence-corrected chi connectivity index (χ3v) is 4.52. The fourth-order valence-electron chi connectivity index (χ4n) is 2.21. The highest BCUT2D eigenvalue weighted by Crippen LogP contribution is 2.22. The van der Waals surface area contributed by atoms with Gasteiger partial charge in [-0.05, 0) is 29.9 Å². The molecule has 23 heavy (non-hydrogen) atoms. The van der Waals surface area contributed by atoms with Crippen LogP contribution in [-0.4, -0.2) is 17.6 Å². The van der Waals surface area contributed by atoms with Crippen LogP contribution in [-0.2, 0) is 18.4 Å². The number of rotatable bonds is 5. The van der Waals surface area contributed by atoms with Crippen LogP contribution in [0.4, 0.5) is 4.79 Å². The largest absolute Gasteiger partial charge is 0.338 e. The number of aromatic nitrogens is 1. The van der Waals surface area contributed by atoms with Gasteiger partial charge in [-0.3, -0.25) is 0 Å². The minimum absolute atomic E-state index is 0.137. The van der Waals surface area contributed by atoms with Crippen LogP contribution >= 0.6 is 11.3 Å². The highest BCUT2D eigenvalue weighted by Gasteiger charge is 2.12. The van der Waals surface area contributed by atoms with Crippen molar-refractivity contribution < 1.29 is 4.79 Å². The number of carbonyl (C=O) groups excluding carboxylic acids is 1. The summed E-state index contributed by atoms with van der Waals surface area (Å²) >= 11 is 1.60. The Labute approximate surface area is 142 Å². The summed E-state index contributed by atoms with van der Waals surface area (Å²) in [5, 5.41) is 6.75. The molecule has 1 aromatic carbocycles. The van der Waals surface area contributed by atoms with E-state index in [1.54, 1.807) is 17.5 Å². The zero-order valence-corrected chi connectivity index (χ0v) is 15.1. The summed E-state index contributed by atoms with van der Waals surface area (Å²) in [6.07, 6.45) is 2.63. The van der Waals surface area contributed by atoms with E-state index in [1.807, 2.05) is 6.92 Å². The van der Waals surface area contributed by atoms with Crippen molar-refractivity contribution in [3.63, 3.8) is 0 Å². The maximum atomic E-state index is 11.8. The van der Waals surface area contributed by atoms with Gasteiger partial charge in [0.2, 0.25) is 0 Å².